The summed E-state index contributed by atoms with van der Waals surface area (Å²) in [6.07, 6.45) is 6.81. The number of carbonyl (C=O) groups is 2. The van der Waals surface area contributed by atoms with Gasteiger partial charge in [0.2, 0.25) is 0 Å². The van der Waals surface area contributed by atoms with Gasteiger partial charge >= 0.3 is 0 Å². The van der Waals surface area contributed by atoms with Gasteiger partial charge in [-0.05, 0) is 62.8 Å². The molecule has 2 heterocycles. The number of nitrogens with zero attached hydrogens (tertiary/aromatic N) is 2. The van der Waals surface area contributed by atoms with Gasteiger partial charge in [-0.15, -0.1) is 0 Å². The Labute approximate surface area is 132 Å². The lowest BCUT2D eigenvalue weighted by Crippen LogP contribution is -2.36. The summed E-state index contributed by atoms with van der Waals surface area (Å²) >= 11 is 0. The van der Waals surface area contributed by atoms with Gasteiger partial charge in [0, 0.05) is 37.3 Å². The Morgan fingerprint density at radius 3 is 1.23 bits per heavy atom. The highest BCUT2D eigenvalue weighted by Gasteiger charge is 2.20. The van der Waals surface area contributed by atoms with Gasteiger partial charge in [-0.1, -0.05) is 0 Å². The van der Waals surface area contributed by atoms with E-state index in [0.29, 0.717) is 11.1 Å². The molecule has 1 aromatic rings. The number of benzene rings is 1. The standard InChI is InChI=1S/C18H24N2O2/c21-17(19-11-3-1-4-12-19)15-7-9-16(10-8-15)18(22)20-13-5-2-6-14-20/h7-10H,1-6,11-14H2. The zero-order chi connectivity index (χ0) is 15.4. The maximum atomic E-state index is 12.4. The Bertz CT molecular complexity index is 478. The van der Waals surface area contributed by atoms with E-state index in [1.54, 1.807) is 24.3 Å². The average molecular weight is 300 g/mol. The fourth-order valence-electron chi connectivity index (χ4n) is 3.31. The molecule has 4 heteroatoms. The highest BCUT2D eigenvalue weighted by molar-refractivity contribution is 5.97. The highest BCUT2D eigenvalue weighted by Crippen LogP contribution is 2.16. The number of rotatable bonds is 2. The molecular weight excluding hydrogens is 276 g/mol. The molecule has 22 heavy (non-hydrogen) atoms. The van der Waals surface area contributed by atoms with Crippen LogP contribution in [0.15, 0.2) is 24.3 Å². The van der Waals surface area contributed by atoms with Crippen LogP contribution in [0.3, 0.4) is 0 Å². The van der Waals surface area contributed by atoms with E-state index in [1.165, 1.54) is 12.8 Å². The number of amides is 2. The van der Waals surface area contributed by atoms with Crippen molar-refractivity contribution in [1.29, 1.82) is 0 Å². The summed E-state index contributed by atoms with van der Waals surface area (Å²) in [6, 6.07) is 7.20. The Morgan fingerprint density at radius 1 is 0.591 bits per heavy atom. The van der Waals surface area contributed by atoms with Crippen LogP contribution in [0, 0.1) is 0 Å². The summed E-state index contributed by atoms with van der Waals surface area (Å²) in [6.45, 7) is 3.42. The van der Waals surface area contributed by atoms with Crippen LogP contribution < -0.4 is 0 Å². The Hall–Kier alpha value is -1.84. The van der Waals surface area contributed by atoms with Crippen molar-refractivity contribution in [1.82, 2.24) is 9.80 Å². The predicted molar refractivity (Wildman–Crippen MR) is 86.0 cm³/mol. The molecule has 2 saturated heterocycles. The molecule has 4 nitrogen and oxygen atoms in total. The molecule has 0 saturated carbocycles. The maximum Gasteiger partial charge on any atom is 0.253 e. The molecular formula is C18H24N2O2. The van der Waals surface area contributed by atoms with Crippen LogP contribution in [0.25, 0.3) is 0 Å². The van der Waals surface area contributed by atoms with E-state index >= 15 is 0 Å². The van der Waals surface area contributed by atoms with E-state index in [-0.39, 0.29) is 11.8 Å². The number of piperidine rings is 2. The molecule has 2 amide bonds. The van der Waals surface area contributed by atoms with E-state index in [1.807, 2.05) is 9.80 Å². The summed E-state index contributed by atoms with van der Waals surface area (Å²) in [5.74, 6) is 0.188. The van der Waals surface area contributed by atoms with E-state index in [0.717, 1.165) is 51.9 Å². The molecule has 118 valence electrons. The van der Waals surface area contributed by atoms with Gasteiger partial charge < -0.3 is 9.80 Å². The van der Waals surface area contributed by atoms with Crippen molar-refractivity contribution < 1.29 is 9.59 Å². The predicted octanol–water partition coefficient (Wildman–Crippen LogP) is 2.94. The van der Waals surface area contributed by atoms with Crippen molar-refractivity contribution in [3.63, 3.8) is 0 Å². The molecule has 2 aliphatic rings. The third-order valence-electron chi connectivity index (χ3n) is 4.67. The first-order valence-corrected chi connectivity index (χ1v) is 8.44. The maximum absolute atomic E-state index is 12.4. The van der Waals surface area contributed by atoms with Gasteiger partial charge in [0.25, 0.3) is 11.8 Å². The van der Waals surface area contributed by atoms with Crippen LogP contribution in [0.5, 0.6) is 0 Å². The number of likely N-dealkylation sites (tertiary alicyclic amines) is 2. The van der Waals surface area contributed by atoms with Gasteiger partial charge in [0.15, 0.2) is 0 Å². The van der Waals surface area contributed by atoms with Crippen molar-refractivity contribution in [2.45, 2.75) is 38.5 Å². The van der Waals surface area contributed by atoms with Gasteiger partial charge in [-0.2, -0.15) is 0 Å². The normalized spacial score (nSPS) is 19.1. The van der Waals surface area contributed by atoms with E-state index < -0.39 is 0 Å². The second-order valence-corrected chi connectivity index (χ2v) is 6.28. The lowest BCUT2D eigenvalue weighted by Gasteiger charge is -2.27. The molecule has 1 aromatic carbocycles. The Balaban J connectivity index is 1.66. The second kappa shape index (κ2) is 6.95. The van der Waals surface area contributed by atoms with E-state index in [2.05, 4.69) is 0 Å². The largest absolute Gasteiger partial charge is 0.339 e. The summed E-state index contributed by atoms with van der Waals surface area (Å²) in [4.78, 5) is 28.7. The summed E-state index contributed by atoms with van der Waals surface area (Å²) in [5, 5.41) is 0. The zero-order valence-corrected chi connectivity index (χ0v) is 13.1. The van der Waals surface area contributed by atoms with Gasteiger partial charge in [0.1, 0.15) is 0 Å². The van der Waals surface area contributed by atoms with Gasteiger partial charge in [-0.25, -0.2) is 0 Å². The summed E-state index contributed by atoms with van der Waals surface area (Å²) < 4.78 is 0. The lowest BCUT2D eigenvalue weighted by atomic mass is 10.1. The molecule has 0 radical (unpaired) electrons. The van der Waals surface area contributed by atoms with E-state index in [4.69, 9.17) is 0 Å². The minimum atomic E-state index is 0.0941. The Kier molecular flexibility index (Phi) is 4.76. The smallest absolute Gasteiger partial charge is 0.253 e. The first kappa shape index (κ1) is 15.1. The average Bonchev–Trinajstić information content (AvgIpc) is 2.62. The molecule has 2 aliphatic heterocycles. The SMILES string of the molecule is O=C(c1ccc(C(=O)N2CCCCC2)cc1)N1CCCCC1. The minimum absolute atomic E-state index is 0.0941. The molecule has 0 bridgehead atoms. The van der Waals surface area contributed by atoms with Crippen molar-refractivity contribution >= 4 is 11.8 Å². The van der Waals surface area contributed by atoms with Crippen LogP contribution in [-0.4, -0.2) is 47.8 Å². The second-order valence-electron chi connectivity index (χ2n) is 6.28. The fraction of sp³-hybridized carbons (Fsp3) is 0.556. The molecule has 0 spiro atoms. The molecule has 3 rings (SSSR count). The highest BCUT2D eigenvalue weighted by atomic mass is 16.2. The topological polar surface area (TPSA) is 40.6 Å². The van der Waals surface area contributed by atoms with Crippen molar-refractivity contribution in [2.24, 2.45) is 0 Å². The molecule has 0 aromatic heterocycles. The lowest BCUT2D eigenvalue weighted by molar-refractivity contribution is 0.0712. The molecule has 0 aliphatic carbocycles. The quantitative estimate of drug-likeness (QED) is 0.842. The monoisotopic (exact) mass is 300 g/mol. The summed E-state index contributed by atoms with van der Waals surface area (Å²) in [5.41, 5.74) is 1.38. The third kappa shape index (κ3) is 3.32. The van der Waals surface area contributed by atoms with Crippen molar-refractivity contribution in [3.05, 3.63) is 35.4 Å². The van der Waals surface area contributed by atoms with E-state index in [9.17, 15) is 9.59 Å². The fourth-order valence-corrected chi connectivity index (χ4v) is 3.31. The van der Waals surface area contributed by atoms with Crippen molar-refractivity contribution in [3.8, 4) is 0 Å². The minimum Gasteiger partial charge on any atom is -0.339 e. The van der Waals surface area contributed by atoms with Crippen LogP contribution in [0.2, 0.25) is 0 Å². The number of hydrogen-bond acceptors (Lipinski definition) is 2. The third-order valence-corrected chi connectivity index (χ3v) is 4.67. The van der Waals surface area contributed by atoms with Gasteiger partial charge in [-0.3, -0.25) is 9.59 Å². The number of carbonyl (C=O) groups excluding carboxylic acids is 2. The molecule has 2 fully saturated rings. The molecule has 0 atom stereocenters. The Morgan fingerprint density at radius 2 is 0.909 bits per heavy atom. The first-order valence-electron chi connectivity index (χ1n) is 8.44. The molecule has 0 unspecified atom stereocenters. The van der Waals surface area contributed by atoms with Crippen molar-refractivity contribution in [2.75, 3.05) is 26.2 Å². The number of hydrogen-bond donors (Lipinski definition) is 0. The van der Waals surface area contributed by atoms with Crippen LogP contribution in [0.4, 0.5) is 0 Å². The molecule has 0 N–H and O–H groups in total. The first-order chi connectivity index (χ1) is 10.8. The van der Waals surface area contributed by atoms with Gasteiger partial charge in [0.05, 0.1) is 0 Å². The van der Waals surface area contributed by atoms with Crippen LogP contribution >= 0.6 is 0 Å². The summed E-state index contributed by atoms with van der Waals surface area (Å²) in [7, 11) is 0. The zero-order valence-electron chi connectivity index (χ0n) is 13.1. The van der Waals surface area contributed by atoms with Crippen LogP contribution in [0.1, 0.15) is 59.2 Å². The van der Waals surface area contributed by atoms with Crippen LogP contribution in [-0.2, 0) is 0 Å².